The first-order valence-corrected chi connectivity index (χ1v) is 8.30. The summed E-state index contributed by atoms with van der Waals surface area (Å²) < 4.78 is 10.1. The average molecular weight is 311 g/mol. The summed E-state index contributed by atoms with van der Waals surface area (Å²) >= 11 is 6.04. The minimum atomic E-state index is 0.414. The highest BCUT2D eigenvalue weighted by atomic mass is 35.5. The van der Waals surface area contributed by atoms with Crippen molar-refractivity contribution in [2.45, 2.75) is 57.6 Å². The van der Waals surface area contributed by atoms with Crippen LogP contribution in [0, 0.1) is 6.92 Å². The van der Waals surface area contributed by atoms with Crippen LogP contribution in [0.2, 0.25) is 0 Å². The maximum Gasteiger partial charge on any atom is 0.158 e. The number of rotatable bonds is 5. The first-order valence-electron chi connectivity index (χ1n) is 7.77. The number of imidazole rings is 1. The van der Waals surface area contributed by atoms with Crippen LogP contribution >= 0.6 is 11.6 Å². The van der Waals surface area contributed by atoms with E-state index < -0.39 is 0 Å². The largest absolute Gasteiger partial charge is 0.376 e. The predicted molar refractivity (Wildman–Crippen MR) is 83.6 cm³/mol. The Morgan fingerprint density at radius 2 is 2.05 bits per heavy atom. The highest BCUT2D eigenvalue weighted by molar-refractivity contribution is 6.16. The molecule has 0 N–H and O–H groups in total. The summed E-state index contributed by atoms with van der Waals surface area (Å²) in [4.78, 5) is 4.61. The van der Waals surface area contributed by atoms with Gasteiger partial charge in [-0.1, -0.05) is 19.3 Å². The first-order chi connectivity index (χ1) is 10.2. The Bertz CT molecular complexity index is 613. The Kier molecular flexibility index (Phi) is 4.50. The Labute approximate surface area is 130 Å². The minimum absolute atomic E-state index is 0.414. The molecule has 0 bridgehead atoms. The SMILES string of the molecule is Cc1nn(C)c2c1nc(CCl)n2CCOC1CCCCC1. The Balaban J connectivity index is 1.73. The van der Waals surface area contributed by atoms with Crippen molar-refractivity contribution in [3.05, 3.63) is 11.5 Å². The molecule has 1 fully saturated rings. The van der Waals surface area contributed by atoms with Crippen LogP contribution in [-0.2, 0) is 24.2 Å². The highest BCUT2D eigenvalue weighted by Crippen LogP contribution is 2.22. The van der Waals surface area contributed by atoms with E-state index in [1.165, 1.54) is 32.1 Å². The molecule has 1 aliphatic carbocycles. The first kappa shape index (κ1) is 14.9. The fourth-order valence-corrected chi connectivity index (χ4v) is 3.46. The van der Waals surface area contributed by atoms with Crippen LogP contribution in [0.4, 0.5) is 0 Å². The van der Waals surface area contributed by atoms with Gasteiger partial charge in [-0.15, -0.1) is 11.6 Å². The van der Waals surface area contributed by atoms with E-state index in [0.29, 0.717) is 18.6 Å². The zero-order chi connectivity index (χ0) is 14.8. The van der Waals surface area contributed by atoms with Crippen LogP contribution in [0.1, 0.15) is 43.6 Å². The number of alkyl halides is 1. The second-order valence-electron chi connectivity index (χ2n) is 5.83. The monoisotopic (exact) mass is 310 g/mol. The Morgan fingerprint density at radius 1 is 1.29 bits per heavy atom. The number of hydrogen-bond acceptors (Lipinski definition) is 3. The van der Waals surface area contributed by atoms with Crippen molar-refractivity contribution >= 4 is 22.8 Å². The fourth-order valence-electron chi connectivity index (χ4n) is 3.26. The van der Waals surface area contributed by atoms with E-state index in [9.17, 15) is 0 Å². The molecule has 1 saturated carbocycles. The van der Waals surface area contributed by atoms with Crippen molar-refractivity contribution in [3.63, 3.8) is 0 Å². The molecule has 5 nitrogen and oxygen atoms in total. The summed E-state index contributed by atoms with van der Waals surface area (Å²) in [7, 11) is 1.95. The van der Waals surface area contributed by atoms with Gasteiger partial charge in [0.2, 0.25) is 0 Å². The molecule has 0 saturated heterocycles. The van der Waals surface area contributed by atoms with Gasteiger partial charge in [-0.05, 0) is 19.8 Å². The topological polar surface area (TPSA) is 44.9 Å². The third kappa shape index (κ3) is 2.94. The van der Waals surface area contributed by atoms with Crippen LogP contribution in [0.5, 0.6) is 0 Å². The molecule has 0 amide bonds. The van der Waals surface area contributed by atoms with Crippen molar-refractivity contribution in [2.75, 3.05) is 6.61 Å². The number of halogens is 1. The van der Waals surface area contributed by atoms with Crippen LogP contribution in [-0.4, -0.2) is 32.0 Å². The lowest BCUT2D eigenvalue weighted by molar-refractivity contribution is 0.0241. The molecule has 0 atom stereocenters. The van der Waals surface area contributed by atoms with Gasteiger partial charge in [-0.25, -0.2) is 4.98 Å². The molecule has 2 aromatic rings. The average Bonchev–Trinajstić information content (AvgIpc) is 2.99. The molecule has 2 heterocycles. The third-order valence-electron chi connectivity index (χ3n) is 4.31. The molecule has 116 valence electrons. The van der Waals surface area contributed by atoms with Crippen LogP contribution in [0.15, 0.2) is 0 Å². The van der Waals surface area contributed by atoms with Crippen LogP contribution in [0.25, 0.3) is 11.2 Å². The zero-order valence-electron chi connectivity index (χ0n) is 12.8. The molecular formula is C15H23ClN4O. The second kappa shape index (κ2) is 6.36. The van der Waals surface area contributed by atoms with Crippen LogP contribution < -0.4 is 0 Å². The number of ether oxygens (including phenoxy) is 1. The number of hydrogen-bond donors (Lipinski definition) is 0. The molecule has 0 spiro atoms. The van der Waals surface area contributed by atoms with E-state index in [-0.39, 0.29) is 0 Å². The van der Waals surface area contributed by atoms with Gasteiger partial charge in [-0.2, -0.15) is 5.10 Å². The van der Waals surface area contributed by atoms with E-state index in [0.717, 1.165) is 29.2 Å². The predicted octanol–water partition coefficient (Wildman–Crippen LogP) is 3.17. The van der Waals surface area contributed by atoms with Gasteiger partial charge in [0.1, 0.15) is 11.3 Å². The normalized spacial score (nSPS) is 16.9. The van der Waals surface area contributed by atoms with Crippen molar-refractivity contribution in [1.29, 1.82) is 0 Å². The summed E-state index contributed by atoms with van der Waals surface area (Å²) in [6.07, 6.45) is 6.79. The summed E-state index contributed by atoms with van der Waals surface area (Å²) in [6.45, 7) is 3.48. The molecule has 6 heteroatoms. The zero-order valence-corrected chi connectivity index (χ0v) is 13.6. The van der Waals surface area contributed by atoms with Gasteiger partial charge in [0, 0.05) is 13.6 Å². The van der Waals surface area contributed by atoms with Gasteiger partial charge in [0.15, 0.2) is 5.65 Å². The summed E-state index contributed by atoms with van der Waals surface area (Å²) in [5.41, 5.74) is 2.94. The van der Waals surface area contributed by atoms with Gasteiger partial charge in [0.05, 0.1) is 24.3 Å². The lowest BCUT2D eigenvalue weighted by atomic mass is 9.98. The maximum absolute atomic E-state index is 6.04. The number of fused-ring (bicyclic) bond motifs is 1. The molecule has 0 aliphatic heterocycles. The smallest absolute Gasteiger partial charge is 0.158 e. The molecule has 0 unspecified atom stereocenters. The summed E-state index contributed by atoms with van der Waals surface area (Å²) in [5, 5.41) is 4.43. The van der Waals surface area contributed by atoms with Crippen molar-refractivity contribution in [1.82, 2.24) is 19.3 Å². The highest BCUT2D eigenvalue weighted by Gasteiger charge is 2.18. The minimum Gasteiger partial charge on any atom is -0.376 e. The van der Waals surface area contributed by atoms with E-state index >= 15 is 0 Å². The second-order valence-corrected chi connectivity index (χ2v) is 6.09. The van der Waals surface area contributed by atoms with Gasteiger partial charge in [-0.3, -0.25) is 4.68 Å². The summed E-state index contributed by atoms with van der Waals surface area (Å²) in [5.74, 6) is 1.31. The van der Waals surface area contributed by atoms with Crippen molar-refractivity contribution in [2.24, 2.45) is 7.05 Å². The summed E-state index contributed by atoms with van der Waals surface area (Å²) in [6, 6.07) is 0. The van der Waals surface area contributed by atoms with E-state index in [2.05, 4.69) is 14.6 Å². The number of aryl methyl sites for hydroxylation is 2. The third-order valence-corrected chi connectivity index (χ3v) is 4.55. The Morgan fingerprint density at radius 3 is 2.76 bits per heavy atom. The number of aromatic nitrogens is 4. The molecule has 1 aliphatic rings. The number of nitrogens with zero attached hydrogens (tertiary/aromatic N) is 4. The van der Waals surface area contributed by atoms with E-state index in [4.69, 9.17) is 16.3 Å². The van der Waals surface area contributed by atoms with Gasteiger partial charge in [0.25, 0.3) is 0 Å². The lowest BCUT2D eigenvalue weighted by Gasteiger charge is -2.22. The van der Waals surface area contributed by atoms with Crippen LogP contribution in [0.3, 0.4) is 0 Å². The maximum atomic E-state index is 6.04. The van der Waals surface area contributed by atoms with E-state index in [1.54, 1.807) is 0 Å². The van der Waals surface area contributed by atoms with E-state index in [1.807, 2.05) is 18.7 Å². The molecule has 21 heavy (non-hydrogen) atoms. The molecule has 2 aromatic heterocycles. The fraction of sp³-hybridized carbons (Fsp3) is 0.733. The van der Waals surface area contributed by atoms with Gasteiger partial charge >= 0.3 is 0 Å². The Hall–Kier alpha value is -1.07. The standard InChI is InChI=1S/C15H23ClN4O/c1-11-14-15(19(2)18-11)20(13(10-16)17-14)8-9-21-12-6-4-3-5-7-12/h12H,3-10H2,1-2H3. The van der Waals surface area contributed by atoms with Crippen molar-refractivity contribution in [3.8, 4) is 0 Å². The lowest BCUT2D eigenvalue weighted by Crippen LogP contribution is -2.20. The molecule has 3 rings (SSSR count). The molecular weight excluding hydrogens is 288 g/mol. The molecule has 0 radical (unpaired) electrons. The van der Waals surface area contributed by atoms with Gasteiger partial charge < -0.3 is 9.30 Å². The molecule has 0 aromatic carbocycles. The van der Waals surface area contributed by atoms with Crippen molar-refractivity contribution < 1.29 is 4.74 Å². The quantitative estimate of drug-likeness (QED) is 0.797.